The molecular formula is C21H28N4O. The minimum absolute atomic E-state index is 0.0132. The molecule has 26 heavy (non-hydrogen) atoms. The van der Waals surface area contributed by atoms with Gasteiger partial charge in [-0.1, -0.05) is 49.6 Å². The number of hydrogen-bond acceptors (Lipinski definition) is 2. The molecular weight excluding hydrogens is 324 g/mol. The highest BCUT2D eigenvalue weighted by molar-refractivity contribution is 5.88. The lowest BCUT2D eigenvalue weighted by atomic mass is 9.92. The first-order valence-electron chi connectivity index (χ1n) is 9.82. The maximum atomic E-state index is 12.7. The van der Waals surface area contributed by atoms with Gasteiger partial charge < -0.3 is 4.90 Å². The summed E-state index contributed by atoms with van der Waals surface area (Å²) in [6.07, 6.45) is 7.17. The van der Waals surface area contributed by atoms with E-state index in [1.54, 1.807) is 4.68 Å². The van der Waals surface area contributed by atoms with Crippen LogP contribution < -0.4 is 5.32 Å². The second kappa shape index (κ2) is 7.52. The zero-order chi connectivity index (χ0) is 17.9. The van der Waals surface area contributed by atoms with Crippen LogP contribution in [0, 0.1) is 11.8 Å². The number of urea groups is 1. The van der Waals surface area contributed by atoms with Crippen molar-refractivity contribution in [3.8, 4) is 0 Å². The van der Waals surface area contributed by atoms with Crippen molar-refractivity contribution < 1.29 is 4.79 Å². The maximum absolute atomic E-state index is 12.7. The number of aryl methyl sites for hydroxylation is 1. The molecule has 5 nitrogen and oxygen atoms in total. The fourth-order valence-electron chi connectivity index (χ4n) is 4.56. The van der Waals surface area contributed by atoms with E-state index in [9.17, 15) is 4.79 Å². The maximum Gasteiger partial charge on any atom is 0.322 e. The average Bonchev–Trinajstić information content (AvgIpc) is 3.16. The number of aromatic nitrogens is 2. The number of amides is 2. The Morgan fingerprint density at radius 2 is 1.81 bits per heavy atom. The van der Waals surface area contributed by atoms with E-state index in [4.69, 9.17) is 0 Å². The Hall–Kier alpha value is -2.30. The Kier molecular flexibility index (Phi) is 4.96. The summed E-state index contributed by atoms with van der Waals surface area (Å²) in [4.78, 5) is 14.7. The summed E-state index contributed by atoms with van der Waals surface area (Å²) >= 11 is 0. The molecule has 0 spiro atoms. The number of anilines is 1. The van der Waals surface area contributed by atoms with Crippen LogP contribution in [0.4, 0.5) is 10.6 Å². The highest BCUT2D eigenvalue weighted by atomic mass is 16.2. The minimum atomic E-state index is 0.0132. The third-order valence-electron chi connectivity index (χ3n) is 6.04. The van der Waals surface area contributed by atoms with Gasteiger partial charge >= 0.3 is 6.03 Å². The Morgan fingerprint density at radius 1 is 1.12 bits per heavy atom. The molecule has 0 bridgehead atoms. The van der Waals surface area contributed by atoms with Crippen LogP contribution in [0.3, 0.4) is 0 Å². The largest absolute Gasteiger partial charge is 0.324 e. The first kappa shape index (κ1) is 17.1. The van der Waals surface area contributed by atoms with Gasteiger partial charge in [0.2, 0.25) is 0 Å². The second-order valence-corrected chi connectivity index (χ2v) is 7.75. The highest BCUT2D eigenvalue weighted by Gasteiger charge is 2.31. The summed E-state index contributed by atoms with van der Waals surface area (Å²) in [5, 5.41) is 7.62. The predicted molar refractivity (Wildman–Crippen MR) is 103 cm³/mol. The van der Waals surface area contributed by atoms with Gasteiger partial charge in [0.25, 0.3) is 0 Å². The van der Waals surface area contributed by atoms with Crippen molar-refractivity contribution in [3.05, 3.63) is 47.7 Å². The quantitative estimate of drug-likeness (QED) is 0.906. The van der Waals surface area contributed by atoms with Crippen molar-refractivity contribution in [2.75, 3.05) is 18.4 Å². The van der Waals surface area contributed by atoms with E-state index >= 15 is 0 Å². The molecule has 2 atom stereocenters. The molecule has 5 heteroatoms. The Balaban J connectivity index is 1.38. The molecule has 2 aromatic rings. The average molecular weight is 352 g/mol. The fourth-order valence-corrected chi connectivity index (χ4v) is 4.56. The van der Waals surface area contributed by atoms with E-state index in [1.807, 2.05) is 36.2 Å². The number of rotatable bonds is 3. The molecule has 4 rings (SSSR count). The molecule has 0 radical (unpaired) electrons. The third kappa shape index (κ3) is 3.76. The summed E-state index contributed by atoms with van der Waals surface area (Å²) < 4.78 is 1.77. The molecule has 1 saturated heterocycles. The molecule has 2 unspecified atom stereocenters. The molecule has 138 valence electrons. The van der Waals surface area contributed by atoms with Crippen molar-refractivity contribution in [3.63, 3.8) is 0 Å². The van der Waals surface area contributed by atoms with Gasteiger partial charge in [-0.3, -0.25) is 10.00 Å². The third-order valence-corrected chi connectivity index (χ3v) is 6.04. The van der Waals surface area contributed by atoms with Gasteiger partial charge in [0.05, 0.1) is 5.69 Å². The standard InChI is InChI=1S/C21H28N4O/c1-24-20(15-19(23-24)14-16-6-3-2-4-7-16)22-21(26)25-12-10-17-8-5-9-18(17)11-13-25/h2-4,6-7,15,17-18H,5,8-14H2,1H3,(H,22,26). The molecule has 1 aliphatic heterocycles. The van der Waals surface area contributed by atoms with E-state index < -0.39 is 0 Å². The Morgan fingerprint density at radius 3 is 2.50 bits per heavy atom. The molecule has 1 N–H and O–H groups in total. The van der Waals surface area contributed by atoms with Crippen LogP contribution in [0.1, 0.15) is 43.4 Å². The van der Waals surface area contributed by atoms with Gasteiger partial charge in [-0.25, -0.2) is 4.79 Å². The van der Waals surface area contributed by atoms with E-state index in [0.29, 0.717) is 0 Å². The Labute approximate surface area is 155 Å². The van der Waals surface area contributed by atoms with E-state index in [2.05, 4.69) is 22.5 Å². The first-order valence-corrected chi connectivity index (χ1v) is 9.82. The number of nitrogens with one attached hydrogen (secondary N) is 1. The highest BCUT2D eigenvalue weighted by Crippen LogP contribution is 2.38. The Bertz CT molecular complexity index is 741. The monoisotopic (exact) mass is 352 g/mol. The number of likely N-dealkylation sites (tertiary alicyclic amines) is 1. The number of hydrogen-bond donors (Lipinski definition) is 1. The van der Waals surface area contributed by atoms with Gasteiger partial charge in [-0.15, -0.1) is 0 Å². The van der Waals surface area contributed by atoms with Crippen LogP contribution in [0.25, 0.3) is 0 Å². The summed E-state index contributed by atoms with van der Waals surface area (Å²) in [6.45, 7) is 1.75. The summed E-state index contributed by atoms with van der Waals surface area (Å²) in [5.41, 5.74) is 2.20. The van der Waals surface area contributed by atoms with Crippen molar-refractivity contribution >= 4 is 11.8 Å². The zero-order valence-electron chi connectivity index (χ0n) is 15.5. The molecule has 1 aliphatic carbocycles. The minimum Gasteiger partial charge on any atom is -0.324 e. The van der Waals surface area contributed by atoms with Gasteiger partial charge in [-0.05, 0) is 30.2 Å². The van der Waals surface area contributed by atoms with Gasteiger partial charge in [0.15, 0.2) is 0 Å². The van der Waals surface area contributed by atoms with Crippen molar-refractivity contribution in [2.45, 2.75) is 38.5 Å². The van der Waals surface area contributed by atoms with E-state index in [1.165, 1.54) is 24.8 Å². The molecule has 2 fully saturated rings. The van der Waals surface area contributed by atoms with Crippen LogP contribution >= 0.6 is 0 Å². The van der Waals surface area contributed by atoms with Crippen LogP contribution in [-0.4, -0.2) is 33.8 Å². The summed E-state index contributed by atoms with van der Waals surface area (Å²) in [7, 11) is 1.89. The van der Waals surface area contributed by atoms with Gasteiger partial charge in [0.1, 0.15) is 5.82 Å². The van der Waals surface area contributed by atoms with Crippen LogP contribution in [0.5, 0.6) is 0 Å². The van der Waals surface area contributed by atoms with Crippen molar-refractivity contribution in [2.24, 2.45) is 18.9 Å². The number of fused-ring (bicyclic) bond motifs is 1. The van der Waals surface area contributed by atoms with Gasteiger partial charge in [-0.2, -0.15) is 5.10 Å². The van der Waals surface area contributed by atoms with E-state index in [-0.39, 0.29) is 6.03 Å². The first-order chi connectivity index (χ1) is 12.7. The second-order valence-electron chi connectivity index (χ2n) is 7.75. The molecule has 2 amide bonds. The smallest absolute Gasteiger partial charge is 0.322 e. The molecule has 2 heterocycles. The van der Waals surface area contributed by atoms with Gasteiger partial charge in [0, 0.05) is 32.6 Å². The van der Waals surface area contributed by atoms with Crippen molar-refractivity contribution in [1.29, 1.82) is 0 Å². The van der Waals surface area contributed by atoms with Crippen LogP contribution in [0.15, 0.2) is 36.4 Å². The summed E-state index contributed by atoms with van der Waals surface area (Å²) in [6, 6.07) is 12.3. The predicted octanol–water partition coefficient (Wildman–Crippen LogP) is 4.05. The normalized spacial score (nSPS) is 22.7. The molecule has 1 saturated carbocycles. The van der Waals surface area contributed by atoms with Crippen LogP contribution in [-0.2, 0) is 13.5 Å². The van der Waals surface area contributed by atoms with E-state index in [0.717, 1.165) is 55.7 Å². The number of benzene rings is 1. The fraction of sp³-hybridized carbons (Fsp3) is 0.524. The lowest BCUT2D eigenvalue weighted by Gasteiger charge is -2.21. The SMILES string of the molecule is Cn1nc(Cc2ccccc2)cc1NC(=O)N1CCC2CCCC2CC1. The topological polar surface area (TPSA) is 50.2 Å². The lowest BCUT2D eigenvalue weighted by Crippen LogP contribution is -2.36. The lowest BCUT2D eigenvalue weighted by molar-refractivity contribution is 0.212. The number of carbonyl (C=O) groups excluding carboxylic acids is 1. The molecule has 1 aromatic carbocycles. The molecule has 2 aliphatic rings. The zero-order valence-corrected chi connectivity index (χ0v) is 15.5. The number of carbonyl (C=O) groups is 1. The summed E-state index contributed by atoms with van der Waals surface area (Å²) in [5.74, 6) is 2.44. The number of nitrogens with zero attached hydrogens (tertiary/aromatic N) is 3. The molecule has 1 aromatic heterocycles. The van der Waals surface area contributed by atoms with Crippen molar-refractivity contribution in [1.82, 2.24) is 14.7 Å². The van der Waals surface area contributed by atoms with Crippen LogP contribution in [0.2, 0.25) is 0 Å².